The van der Waals surface area contributed by atoms with E-state index >= 15 is 0 Å². The molecule has 11 heavy (non-hydrogen) atoms. The zero-order chi connectivity index (χ0) is 8.43. The molecule has 0 aliphatic rings. The number of hydrogen-bond acceptors (Lipinski definition) is 3. The molecule has 0 fully saturated rings. The van der Waals surface area contributed by atoms with Gasteiger partial charge in [0.2, 0.25) is 0 Å². The predicted molar refractivity (Wildman–Crippen MR) is 48.6 cm³/mol. The van der Waals surface area contributed by atoms with Gasteiger partial charge in [-0.3, -0.25) is 10.1 Å². The largest absolute Gasteiger partial charge is 0.300 e. The van der Waals surface area contributed by atoms with Crippen LogP contribution in [-0.2, 0) is 0 Å². The first-order chi connectivity index (χ1) is 5.11. The van der Waals surface area contributed by atoms with Crippen molar-refractivity contribution in [1.82, 2.24) is 4.98 Å². The first-order valence-electron chi connectivity index (χ1n) is 2.56. The van der Waals surface area contributed by atoms with Crippen LogP contribution in [0.15, 0.2) is 12.3 Å². The second-order valence-corrected chi connectivity index (χ2v) is 3.26. The van der Waals surface area contributed by atoms with Crippen molar-refractivity contribution in [3.63, 3.8) is 0 Å². The van der Waals surface area contributed by atoms with E-state index in [2.05, 4.69) is 4.98 Å². The highest BCUT2D eigenvalue weighted by atomic mass is 127. The van der Waals surface area contributed by atoms with Crippen molar-refractivity contribution in [3.05, 3.63) is 31.1 Å². The summed E-state index contributed by atoms with van der Waals surface area (Å²) in [7, 11) is 0. The normalized spacial score (nSPS) is 9.64. The number of halogens is 2. The van der Waals surface area contributed by atoms with Crippen LogP contribution >= 0.6 is 34.2 Å². The molecule has 0 spiro atoms. The Morgan fingerprint density at radius 3 is 2.82 bits per heavy atom. The summed E-state index contributed by atoms with van der Waals surface area (Å²) in [4.78, 5) is 13.3. The Bertz CT molecular complexity index is 305. The first kappa shape index (κ1) is 8.66. The van der Waals surface area contributed by atoms with Gasteiger partial charge in [-0.25, -0.2) is 4.98 Å². The summed E-state index contributed by atoms with van der Waals surface area (Å²) in [6.07, 6.45) is 1.14. The van der Waals surface area contributed by atoms with Crippen molar-refractivity contribution in [2.75, 3.05) is 0 Å². The Balaban J connectivity index is 3.20. The second kappa shape index (κ2) is 3.31. The molecule has 0 aliphatic heterocycles. The molecule has 0 saturated heterocycles. The Kier molecular flexibility index (Phi) is 2.61. The number of nitro groups is 1. The summed E-state index contributed by atoms with van der Waals surface area (Å²) < 4.78 is 0.493. The highest BCUT2D eigenvalue weighted by molar-refractivity contribution is 14.1. The molecule has 1 heterocycles. The van der Waals surface area contributed by atoms with Crippen LogP contribution in [0, 0.1) is 13.7 Å². The van der Waals surface area contributed by atoms with Crippen LogP contribution in [-0.4, -0.2) is 9.91 Å². The van der Waals surface area contributed by atoms with Gasteiger partial charge in [0.25, 0.3) is 0 Å². The molecule has 1 aromatic rings. The standard InChI is InChI=1S/C5H2ClIN2O2/c6-5-1-3(7)4(2-8-5)9(10)11/h1-2H. The minimum absolute atomic E-state index is 0.0185. The lowest BCUT2D eigenvalue weighted by Gasteiger charge is -1.93. The molecule has 6 heteroatoms. The molecule has 1 rings (SSSR count). The van der Waals surface area contributed by atoms with Crippen LogP contribution in [0.4, 0.5) is 5.69 Å². The molecule has 1 aromatic heterocycles. The second-order valence-electron chi connectivity index (χ2n) is 1.72. The fraction of sp³-hybridized carbons (Fsp3) is 0. The van der Waals surface area contributed by atoms with E-state index in [1.165, 1.54) is 6.07 Å². The molecule has 0 aliphatic carbocycles. The van der Waals surface area contributed by atoms with E-state index in [1.807, 2.05) is 22.6 Å². The molecule has 0 N–H and O–H groups in total. The van der Waals surface area contributed by atoms with Gasteiger partial charge >= 0.3 is 5.69 Å². The smallest absolute Gasteiger partial charge is 0.258 e. The molecule has 0 unspecified atom stereocenters. The van der Waals surface area contributed by atoms with E-state index < -0.39 is 4.92 Å². The van der Waals surface area contributed by atoms with Crippen LogP contribution in [0.25, 0.3) is 0 Å². The Morgan fingerprint density at radius 1 is 1.73 bits per heavy atom. The summed E-state index contributed by atoms with van der Waals surface area (Å²) >= 11 is 7.32. The summed E-state index contributed by atoms with van der Waals surface area (Å²) in [6, 6.07) is 1.44. The van der Waals surface area contributed by atoms with E-state index in [4.69, 9.17) is 11.6 Å². The van der Waals surface area contributed by atoms with Gasteiger partial charge in [0, 0.05) is 0 Å². The lowest BCUT2D eigenvalue weighted by molar-refractivity contribution is -0.386. The van der Waals surface area contributed by atoms with Gasteiger partial charge in [-0.05, 0) is 28.7 Å². The van der Waals surface area contributed by atoms with Crippen LogP contribution < -0.4 is 0 Å². The van der Waals surface area contributed by atoms with Gasteiger partial charge in [-0.15, -0.1) is 0 Å². The van der Waals surface area contributed by atoms with E-state index in [9.17, 15) is 10.1 Å². The van der Waals surface area contributed by atoms with E-state index in [1.54, 1.807) is 0 Å². The van der Waals surface area contributed by atoms with Gasteiger partial charge in [0.15, 0.2) is 0 Å². The number of hydrogen-bond donors (Lipinski definition) is 0. The molecule has 0 bridgehead atoms. The Labute approximate surface area is 80.9 Å². The van der Waals surface area contributed by atoms with Crippen LogP contribution in [0.3, 0.4) is 0 Å². The van der Waals surface area contributed by atoms with Crippen molar-refractivity contribution >= 4 is 39.9 Å². The predicted octanol–water partition coefficient (Wildman–Crippen LogP) is 2.25. The SMILES string of the molecule is O=[N+]([O-])c1cnc(Cl)cc1I. The molecule has 4 nitrogen and oxygen atoms in total. The first-order valence-corrected chi connectivity index (χ1v) is 4.02. The maximum atomic E-state index is 10.3. The van der Waals surface area contributed by atoms with Crippen molar-refractivity contribution in [3.8, 4) is 0 Å². The van der Waals surface area contributed by atoms with Crippen molar-refractivity contribution < 1.29 is 4.92 Å². The number of aromatic nitrogens is 1. The fourth-order valence-electron chi connectivity index (χ4n) is 0.535. The quantitative estimate of drug-likeness (QED) is 0.344. The highest BCUT2D eigenvalue weighted by Crippen LogP contribution is 2.21. The zero-order valence-electron chi connectivity index (χ0n) is 5.12. The van der Waals surface area contributed by atoms with Crippen LogP contribution in [0.2, 0.25) is 5.15 Å². The molecule has 0 atom stereocenters. The van der Waals surface area contributed by atoms with Crippen LogP contribution in [0.5, 0.6) is 0 Å². The van der Waals surface area contributed by atoms with Crippen LogP contribution in [0.1, 0.15) is 0 Å². The average Bonchev–Trinajstić information content (AvgIpc) is 1.85. The summed E-state index contributed by atoms with van der Waals surface area (Å²) in [5.41, 5.74) is -0.0185. The molecule has 58 valence electrons. The van der Waals surface area contributed by atoms with Crippen molar-refractivity contribution in [2.24, 2.45) is 0 Å². The molecular formula is C5H2ClIN2O2. The minimum atomic E-state index is -0.495. The minimum Gasteiger partial charge on any atom is -0.258 e. The zero-order valence-corrected chi connectivity index (χ0v) is 8.03. The van der Waals surface area contributed by atoms with Crippen molar-refractivity contribution in [2.45, 2.75) is 0 Å². The molecule has 0 aromatic carbocycles. The van der Waals surface area contributed by atoms with E-state index in [0.717, 1.165) is 6.20 Å². The average molecular weight is 284 g/mol. The van der Waals surface area contributed by atoms with Crippen molar-refractivity contribution in [1.29, 1.82) is 0 Å². The number of rotatable bonds is 1. The maximum absolute atomic E-state index is 10.3. The van der Waals surface area contributed by atoms with Gasteiger partial charge in [0.1, 0.15) is 11.3 Å². The maximum Gasteiger partial charge on any atom is 0.300 e. The number of pyridine rings is 1. The fourth-order valence-corrected chi connectivity index (χ4v) is 1.51. The lowest BCUT2D eigenvalue weighted by atomic mass is 10.4. The van der Waals surface area contributed by atoms with E-state index in [-0.39, 0.29) is 10.8 Å². The lowest BCUT2D eigenvalue weighted by Crippen LogP contribution is -1.92. The summed E-state index contributed by atoms with van der Waals surface area (Å²) in [6.45, 7) is 0. The third-order valence-electron chi connectivity index (χ3n) is 0.997. The summed E-state index contributed by atoms with van der Waals surface area (Å²) in [5.74, 6) is 0. The molecule has 0 saturated carbocycles. The monoisotopic (exact) mass is 284 g/mol. The Hall–Kier alpha value is -0.430. The number of nitrogens with zero attached hydrogens (tertiary/aromatic N) is 2. The summed E-state index contributed by atoms with van der Waals surface area (Å²) in [5, 5.41) is 10.5. The third-order valence-corrected chi connectivity index (χ3v) is 2.07. The molecular weight excluding hydrogens is 282 g/mol. The third kappa shape index (κ3) is 2.00. The van der Waals surface area contributed by atoms with Gasteiger partial charge in [0.05, 0.1) is 8.49 Å². The highest BCUT2D eigenvalue weighted by Gasteiger charge is 2.11. The molecule has 0 radical (unpaired) electrons. The van der Waals surface area contributed by atoms with Gasteiger partial charge < -0.3 is 0 Å². The topological polar surface area (TPSA) is 56.0 Å². The van der Waals surface area contributed by atoms with Gasteiger partial charge in [-0.1, -0.05) is 11.6 Å². The Morgan fingerprint density at radius 2 is 2.36 bits per heavy atom. The van der Waals surface area contributed by atoms with Gasteiger partial charge in [-0.2, -0.15) is 0 Å². The van der Waals surface area contributed by atoms with E-state index in [0.29, 0.717) is 3.57 Å². The molecule has 0 amide bonds.